The zero-order valence-corrected chi connectivity index (χ0v) is 16.2. The summed E-state index contributed by atoms with van der Waals surface area (Å²) in [6.07, 6.45) is 3.24. The largest absolute Gasteiger partial charge is 0.496 e. The second-order valence-corrected chi connectivity index (χ2v) is 6.43. The van der Waals surface area contributed by atoms with Crippen molar-refractivity contribution in [1.82, 2.24) is 9.78 Å². The number of hydrogen-bond acceptors (Lipinski definition) is 4. The highest BCUT2D eigenvalue weighted by Gasteiger charge is 2.19. The fraction of sp³-hybridized carbons (Fsp3) is 0.158. The van der Waals surface area contributed by atoms with Crippen molar-refractivity contribution >= 4 is 34.8 Å². The molecule has 0 saturated heterocycles. The fourth-order valence-corrected chi connectivity index (χ4v) is 3.15. The molecule has 0 atom stereocenters. The standard InChI is InChI=1S/C19H17Cl2N3O3/c1-26-16-7-4-8-17(27-2)18(16)19(25)23-12-9-22-24(10-12)11-13-14(20)5-3-6-15(13)21/h3-10H,11H2,1-2H3,(H,23,25). The van der Waals surface area contributed by atoms with E-state index in [0.29, 0.717) is 39.3 Å². The van der Waals surface area contributed by atoms with Crippen molar-refractivity contribution in [3.63, 3.8) is 0 Å². The van der Waals surface area contributed by atoms with Crippen LogP contribution in [0.2, 0.25) is 10.0 Å². The summed E-state index contributed by atoms with van der Waals surface area (Å²) >= 11 is 12.4. The van der Waals surface area contributed by atoms with E-state index in [1.165, 1.54) is 14.2 Å². The Morgan fingerprint density at radius 3 is 2.26 bits per heavy atom. The number of carbonyl (C=O) groups excluding carboxylic acids is 1. The molecule has 1 N–H and O–H groups in total. The summed E-state index contributed by atoms with van der Waals surface area (Å²) in [6, 6.07) is 10.5. The van der Waals surface area contributed by atoms with Gasteiger partial charge in [0, 0.05) is 21.8 Å². The van der Waals surface area contributed by atoms with E-state index in [4.69, 9.17) is 32.7 Å². The summed E-state index contributed by atoms with van der Waals surface area (Å²) in [5.41, 5.74) is 1.59. The number of carbonyl (C=O) groups is 1. The SMILES string of the molecule is COc1cccc(OC)c1C(=O)Nc1cnn(Cc2c(Cl)cccc2Cl)c1. The number of methoxy groups -OCH3 is 2. The van der Waals surface area contributed by atoms with Gasteiger partial charge < -0.3 is 14.8 Å². The van der Waals surface area contributed by atoms with Crippen LogP contribution in [-0.4, -0.2) is 29.9 Å². The van der Waals surface area contributed by atoms with Gasteiger partial charge in [-0.05, 0) is 24.3 Å². The van der Waals surface area contributed by atoms with E-state index in [2.05, 4.69) is 10.4 Å². The first-order valence-corrected chi connectivity index (χ1v) is 8.76. The van der Waals surface area contributed by atoms with E-state index >= 15 is 0 Å². The smallest absolute Gasteiger partial charge is 0.263 e. The molecule has 0 aliphatic rings. The van der Waals surface area contributed by atoms with Gasteiger partial charge >= 0.3 is 0 Å². The summed E-state index contributed by atoms with van der Waals surface area (Å²) in [5, 5.41) is 8.16. The topological polar surface area (TPSA) is 65.4 Å². The number of benzene rings is 2. The maximum Gasteiger partial charge on any atom is 0.263 e. The highest BCUT2D eigenvalue weighted by molar-refractivity contribution is 6.35. The molecule has 2 aromatic carbocycles. The summed E-state index contributed by atoms with van der Waals surface area (Å²) in [4.78, 5) is 12.7. The highest BCUT2D eigenvalue weighted by Crippen LogP contribution is 2.29. The van der Waals surface area contributed by atoms with Gasteiger partial charge in [-0.2, -0.15) is 5.10 Å². The van der Waals surface area contributed by atoms with Crippen LogP contribution in [0.3, 0.4) is 0 Å². The number of rotatable bonds is 6. The zero-order valence-electron chi connectivity index (χ0n) is 14.7. The van der Waals surface area contributed by atoms with Crippen molar-refractivity contribution in [1.29, 1.82) is 0 Å². The molecule has 0 fully saturated rings. The monoisotopic (exact) mass is 405 g/mol. The lowest BCUT2D eigenvalue weighted by Gasteiger charge is -2.12. The first-order valence-electron chi connectivity index (χ1n) is 8.01. The number of hydrogen-bond donors (Lipinski definition) is 1. The molecule has 0 unspecified atom stereocenters. The number of halogens is 2. The third kappa shape index (κ3) is 4.18. The maximum absolute atomic E-state index is 12.7. The number of ether oxygens (including phenoxy) is 2. The quantitative estimate of drug-likeness (QED) is 0.655. The first-order chi connectivity index (χ1) is 13.0. The van der Waals surface area contributed by atoms with Gasteiger partial charge in [0.05, 0.1) is 32.6 Å². The minimum Gasteiger partial charge on any atom is -0.496 e. The molecule has 0 saturated carbocycles. The number of aromatic nitrogens is 2. The zero-order chi connectivity index (χ0) is 19.4. The molecule has 27 heavy (non-hydrogen) atoms. The van der Waals surface area contributed by atoms with Crippen LogP contribution < -0.4 is 14.8 Å². The van der Waals surface area contributed by atoms with Gasteiger partial charge in [0.15, 0.2) is 0 Å². The second kappa shape index (κ2) is 8.33. The lowest BCUT2D eigenvalue weighted by Crippen LogP contribution is -2.14. The van der Waals surface area contributed by atoms with Gasteiger partial charge in [0.2, 0.25) is 0 Å². The Hall–Kier alpha value is -2.70. The Balaban J connectivity index is 1.80. The van der Waals surface area contributed by atoms with Crippen molar-refractivity contribution in [3.05, 3.63) is 70.0 Å². The number of amides is 1. The minimum atomic E-state index is -0.361. The van der Waals surface area contributed by atoms with Crippen LogP contribution in [-0.2, 0) is 6.54 Å². The Morgan fingerprint density at radius 2 is 1.67 bits per heavy atom. The van der Waals surface area contributed by atoms with Gasteiger partial charge in [0.1, 0.15) is 17.1 Å². The number of nitrogens with one attached hydrogen (secondary N) is 1. The molecule has 8 heteroatoms. The molecule has 140 valence electrons. The van der Waals surface area contributed by atoms with Crippen molar-refractivity contribution in [3.8, 4) is 11.5 Å². The first kappa shape index (κ1) is 19.1. The Morgan fingerprint density at radius 1 is 1.07 bits per heavy atom. The molecule has 3 rings (SSSR count). The molecule has 0 aliphatic carbocycles. The van der Waals surface area contributed by atoms with Crippen LogP contribution in [0.25, 0.3) is 0 Å². The molecule has 6 nitrogen and oxygen atoms in total. The minimum absolute atomic E-state index is 0.310. The molecule has 1 heterocycles. The van der Waals surface area contributed by atoms with Gasteiger partial charge in [-0.1, -0.05) is 35.3 Å². The van der Waals surface area contributed by atoms with Crippen molar-refractivity contribution in [2.75, 3.05) is 19.5 Å². The summed E-state index contributed by atoms with van der Waals surface area (Å²) in [5.74, 6) is 0.476. The van der Waals surface area contributed by atoms with Crippen LogP contribution in [0.15, 0.2) is 48.8 Å². The van der Waals surface area contributed by atoms with Gasteiger partial charge in [0.25, 0.3) is 5.91 Å². The van der Waals surface area contributed by atoms with E-state index in [1.807, 2.05) is 0 Å². The number of anilines is 1. The van der Waals surface area contributed by atoms with E-state index in [0.717, 1.165) is 5.56 Å². The lowest BCUT2D eigenvalue weighted by atomic mass is 10.1. The van der Waals surface area contributed by atoms with Gasteiger partial charge in [-0.25, -0.2) is 0 Å². The molecule has 0 aliphatic heterocycles. The number of nitrogens with zero attached hydrogens (tertiary/aromatic N) is 2. The molecule has 1 aromatic heterocycles. The highest BCUT2D eigenvalue weighted by atomic mass is 35.5. The Bertz CT molecular complexity index is 930. The van der Waals surface area contributed by atoms with Crippen molar-refractivity contribution in [2.24, 2.45) is 0 Å². The van der Waals surface area contributed by atoms with Crippen LogP contribution in [0.5, 0.6) is 11.5 Å². The predicted molar refractivity (Wildman–Crippen MR) is 105 cm³/mol. The van der Waals surface area contributed by atoms with E-state index in [1.54, 1.807) is 53.5 Å². The molecule has 1 amide bonds. The Labute approximate surface area is 166 Å². The fourth-order valence-electron chi connectivity index (χ4n) is 2.63. The van der Waals surface area contributed by atoms with Crippen LogP contribution in [0.4, 0.5) is 5.69 Å². The lowest BCUT2D eigenvalue weighted by molar-refractivity contribution is 0.102. The third-order valence-electron chi connectivity index (χ3n) is 3.93. The Kier molecular flexibility index (Phi) is 5.88. The predicted octanol–water partition coefficient (Wildman–Crippen LogP) is 4.51. The van der Waals surface area contributed by atoms with Crippen LogP contribution in [0, 0.1) is 0 Å². The van der Waals surface area contributed by atoms with Gasteiger partial charge in [-0.3, -0.25) is 9.48 Å². The molecule has 0 spiro atoms. The molecule has 3 aromatic rings. The van der Waals surface area contributed by atoms with Crippen molar-refractivity contribution in [2.45, 2.75) is 6.54 Å². The molecule has 0 bridgehead atoms. The second-order valence-electron chi connectivity index (χ2n) is 5.62. The molecular weight excluding hydrogens is 389 g/mol. The van der Waals surface area contributed by atoms with Crippen molar-refractivity contribution < 1.29 is 14.3 Å². The molecular formula is C19H17Cl2N3O3. The normalized spacial score (nSPS) is 10.5. The molecule has 0 radical (unpaired) electrons. The summed E-state index contributed by atoms with van der Waals surface area (Å²) in [6.45, 7) is 0.381. The summed E-state index contributed by atoms with van der Waals surface area (Å²) < 4.78 is 12.2. The van der Waals surface area contributed by atoms with E-state index < -0.39 is 0 Å². The van der Waals surface area contributed by atoms with Gasteiger partial charge in [-0.15, -0.1) is 0 Å². The maximum atomic E-state index is 12.7. The summed E-state index contributed by atoms with van der Waals surface area (Å²) in [7, 11) is 2.99. The van der Waals surface area contributed by atoms with Crippen LogP contribution >= 0.6 is 23.2 Å². The third-order valence-corrected chi connectivity index (χ3v) is 4.64. The van der Waals surface area contributed by atoms with E-state index in [-0.39, 0.29) is 5.91 Å². The average molecular weight is 406 g/mol. The van der Waals surface area contributed by atoms with Crippen LogP contribution in [0.1, 0.15) is 15.9 Å². The van der Waals surface area contributed by atoms with E-state index in [9.17, 15) is 4.79 Å². The average Bonchev–Trinajstić information content (AvgIpc) is 3.11.